The first kappa shape index (κ1) is 14.1. The molecule has 20 heavy (non-hydrogen) atoms. The molecule has 104 valence electrons. The Morgan fingerprint density at radius 3 is 2.75 bits per heavy atom. The van der Waals surface area contributed by atoms with E-state index in [9.17, 15) is 13.6 Å². The SMILES string of the molecule is O=C(Nc1ccnc(Cl)n1)c1ccccc1OC(F)F. The van der Waals surface area contributed by atoms with E-state index in [2.05, 4.69) is 20.0 Å². The molecule has 0 aliphatic heterocycles. The topological polar surface area (TPSA) is 64.1 Å². The maximum Gasteiger partial charge on any atom is 0.387 e. The van der Waals surface area contributed by atoms with Crippen molar-refractivity contribution in [2.75, 3.05) is 5.32 Å². The van der Waals surface area contributed by atoms with E-state index in [4.69, 9.17) is 11.6 Å². The van der Waals surface area contributed by atoms with Crippen LogP contribution in [0, 0.1) is 0 Å². The molecule has 1 amide bonds. The molecule has 0 bridgehead atoms. The molecule has 1 N–H and O–H groups in total. The van der Waals surface area contributed by atoms with E-state index in [0.717, 1.165) is 0 Å². The molecule has 1 aromatic heterocycles. The lowest BCUT2D eigenvalue weighted by Gasteiger charge is -2.10. The van der Waals surface area contributed by atoms with Crippen molar-refractivity contribution < 1.29 is 18.3 Å². The Balaban J connectivity index is 2.21. The van der Waals surface area contributed by atoms with Gasteiger partial charge in [0.2, 0.25) is 5.28 Å². The lowest BCUT2D eigenvalue weighted by Crippen LogP contribution is -2.15. The second kappa shape index (κ2) is 6.25. The number of hydrogen-bond acceptors (Lipinski definition) is 4. The molecule has 1 aromatic carbocycles. The van der Waals surface area contributed by atoms with Crippen LogP contribution in [0.3, 0.4) is 0 Å². The number of benzene rings is 1. The zero-order valence-corrected chi connectivity index (χ0v) is 10.6. The number of halogens is 3. The lowest BCUT2D eigenvalue weighted by atomic mass is 10.2. The molecule has 2 rings (SSSR count). The second-order valence-corrected chi connectivity index (χ2v) is 3.88. The fourth-order valence-electron chi connectivity index (χ4n) is 1.44. The van der Waals surface area contributed by atoms with Crippen LogP contribution >= 0.6 is 11.6 Å². The number of carbonyl (C=O) groups excluding carboxylic acids is 1. The standard InChI is InChI=1S/C12H8ClF2N3O2/c13-11-16-6-5-9(18-11)17-10(19)7-3-1-2-4-8(7)20-12(14)15/h1-6,12H,(H,16,17,18,19). The van der Waals surface area contributed by atoms with Gasteiger partial charge >= 0.3 is 6.61 Å². The predicted molar refractivity (Wildman–Crippen MR) is 68.1 cm³/mol. The van der Waals surface area contributed by atoms with Gasteiger partial charge in [-0.05, 0) is 29.8 Å². The molecule has 0 aliphatic rings. The normalized spacial score (nSPS) is 10.4. The summed E-state index contributed by atoms with van der Waals surface area (Å²) in [6.45, 7) is -3.02. The number of para-hydroxylation sites is 1. The molecular formula is C12H8ClF2N3O2. The maximum absolute atomic E-state index is 12.3. The van der Waals surface area contributed by atoms with Gasteiger partial charge in [0.15, 0.2) is 0 Å². The van der Waals surface area contributed by atoms with E-state index in [-0.39, 0.29) is 22.4 Å². The van der Waals surface area contributed by atoms with E-state index in [1.54, 1.807) is 0 Å². The van der Waals surface area contributed by atoms with Crippen LogP contribution in [0.15, 0.2) is 36.5 Å². The van der Waals surface area contributed by atoms with E-state index < -0.39 is 12.5 Å². The molecule has 0 fully saturated rings. The van der Waals surface area contributed by atoms with Crippen molar-refractivity contribution in [1.82, 2.24) is 9.97 Å². The van der Waals surface area contributed by atoms with Crippen molar-refractivity contribution in [1.29, 1.82) is 0 Å². The second-order valence-electron chi connectivity index (χ2n) is 3.54. The molecule has 1 heterocycles. The molecule has 0 spiro atoms. The fraction of sp³-hybridized carbons (Fsp3) is 0.0833. The van der Waals surface area contributed by atoms with Crippen molar-refractivity contribution in [3.63, 3.8) is 0 Å². The first-order chi connectivity index (χ1) is 9.56. The number of hydrogen-bond donors (Lipinski definition) is 1. The summed E-state index contributed by atoms with van der Waals surface area (Å²) in [5.41, 5.74) is -0.0393. The average Bonchev–Trinajstić information content (AvgIpc) is 2.38. The van der Waals surface area contributed by atoms with Crippen LogP contribution in [0.5, 0.6) is 5.75 Å². The number of amides is 1. The third-order valence-electron chi connectivity index (χ3n) is 2.22. The van der Waals surface area contributed by atoms with Crippen molar-refractivity contribution in [3.05, 3.63) is 47.4 Å². The number of rotatable bonds is 4. The molecular weight excluding hydrogens is 292 g/mol. The van der Waals surface area contributed by atoms with Crippen LogP contribution in [0.1, 0.15) is 10.4 Å². The van der Waals surface area contributed by atoms with Gasteiger partial charge in [-0.1, -0.05) is 12.1 Å². The molecule has 0 aliphatic carbocycles. The number of carbonyl (C=O) groups is 1. The zero-order valence-electron chi connectivity index (χ0n) is 9.89. The Morgan fingerprint density at radius 2 is 2.05 bits per heavy atom. The minimum Gasteiger partial charge on any atom is -0.434 e. The Bertz CT molecular complexity index is 625. The van der Waals surface area contributed by atoms with E-state index in [1.165, 1.54) is 36.5 Å². The van der Waals surface area contributed by atoms with Crippen molar-refractivity contribution in [2.45, 2.75) is 6.61 Å². The number of nitrogens with one attached hydrogen (secondary N) is 1. The highest BCUT2D eigenvalue weighted by Gasteiger charge is 2.15. The first-order valence-electron chi connectivity index (χ1n) is 5.40. The van der Waals surface area contributed by atoms with Crippen molar-refractivity contribution in [2.24, 2.45) is 0 Å². The van der Waals surface area contributed by atoms with Gasteiger partial charge in [-0.2, -0.15) is 8.78 Å². The minimum absolute atomic E-state index is 0.0393. The Labute approximate surface area is 117 Å². The van der Waals surface area contributed by atoms with Gasteiger partial charge in [-0.3, -0.25) is 4.79 Å². The van der Waals surface area contributed by atoms with Gasteiger partial charge < -0.3 is 10.1 Å². The van der Waals surface area contributed by atoms with Crippen LogP contribution in [0.4, 0.5) is 14.6 Å². The van der Waals surface area contributed by atoms with Crippen molar-refractivity contribution >= 4 is 23.3 Å². The highest BCUT2D eigenvalue weighted by Crippen LogP contribution is 2.21. The third-order valence-corrected chi connectivity index (χ3v) is 2.40. The van der Waals surface area contributed by atoms with E-state index in [1.807, 2.05) is 0 Å². The van der Waals surface area contributed by atoms with E-state index in [0.29, 0.717) is 0 Å². The number of anilines is 1. The third kappa shape index (κ3) is 3.61. The summed E-state index contributed by atoms with van der Waals surface area (Å²) in [4.78, 5) is 19.4. The predicted octanol–water partition coefficient (Wildman–Crippen LogP) is 2.98. The molecule has 8 heteroatoms. The van der Waals surface area contributed by atoms with Crippen LogP contribution < -0.4 is 10.1 Å². The van der Waals surface area contributed by atoms with Crippen molar-refractivity contribution in [3.8, 4) is 5.75 Å². The average molecular weight is 300 g/mol. The summed E-state index contributed by atoms with van der Waals surface area (Å²) >= 11 is 5.58. The number of alkyl halides is 2. The quantitative estimate of drug-likeness (QED) is 0.882. The minimum atomic E-state index is -3.02. The summed E-state index contributed by atoms with van der Waals surface area (Å²) in [7, 11) is 0. The number of aromatic nitrogens is 2. The van der Waals surface area contributed by atoms with Crippen LogP contribution in [0.25, 0.3) is 0 Å². The molecule has 0 saturated heterocycles. The van der Waals surface area contributed by atoms with Crippen LogP contribution in [-0.2, 0) is 0 Å². The Hall–Kier alpha value is -2.28. The lowest BCUT2D eigenvalue weighted by molar-refractivity contribution is -0.0501. The smallest absolute Gasteiger partial charge is 0.387 e. The summed E-state index contributed by atoms with van der Waals surface area (Å²) in [6.07, 6.45) is 1.35. The molecule has 0 saturated carbocycles. The summed E-state index contributed by atoms with van der Waals surface area (Å²) in [5, 5.41) is 2.37. The molecule has 2 aromatic rings. The van der Waals surface area contributed by atoms with Gasteiger partial charge in [0.05, 0.1) is 5.56 Å². The van der Waals surface area contributed by atoms with Gasteiger partial charge in [-0.25, -0.2) is 9.97 Å². The summed E-state index contributed by atoms with van der Waals surface area (Å²) in [5.74, 6) is -0.710. The monoisotopic (exact) mass is 299 g/mol. The van der Waals surface area contributed by atoms with Gasteiger partial charge in [0.1, 0.15) is 11.6 Å². The van der Waals surface area contributed by atoms with Crippen LogP contribution in [-0.4, -0.2) is 22.5 Å². The summed E-state index contributed by atoms with van der Waals surface area (Å²) < 4.78 is 28.8. The Kier molecular flexibility index (Phi) is 4.41. The maximum atomic E-state index is 12.3. The molecule has 0 unspecified atom stereocenters. The molecule has 5 nitrogen and oxygen atoms in total. The van der Waals surface area contributed by atoms with Crippen LogP contribution in [0.2, 0.25) is 5.28 Å². The summed E-state index contributed by atoms with van der Waals surface area (Å²) in [6, 6.07) is 7.06. The highest BCUT2D eigenvalue weighted by atomic mass is 35.5. The Morgan fingerprint density at radius 1 is 1.30 bits per heavy atom. The zero-order chi connectivity index (χ0) is 14.5. The highest BCUT2D eigenvalue weighted by molar-refractivity contribution is 6.28. The van der Waals surface area contributed by atoms with Gasteiger partial charge in [-0.15, -0.1) is 0 Å². The fourth-order valence-corrected chi connectivity index (χ4v) is 1.59. The molecule has 0 radical (unpaired) electrons. The first-order valence-corrected chi connectivity index (χ1v) is 5.78. The largest absolute Gasteiger partial charge is 0.434 e. The molecule has 0 atom stereocenters. The van der Waals surface area contributed by atoms with Gasteiger partial charge in [0.25, 0.3) is 5.91 Å². The number of nitrogens with zero attached hydrogens (tertiary/aromatic N) is 2. The van der Waals surface area contributed by atoms with E-state index >= 15 is 0 Å². The van der Waals surface area contributed by atoms with Gasteiger partial charge in [0, 0.05) is 6.20 Å². The number of ether oxygens (including phenoxy) is 1.